The Morgan fingerprint density at radius 3 is 2.35 bits per heavy atom. The molecular formula is C13H18N2O2. The van der Waals surface area contributed by atoms with Gasteiger partial charge in [0.05, 0.1) is 6.04 Å². The van der Waals surface area contributed by atoms with Gasteiger partial charge in [-0.2, -0.15) is 0 Å². The first-order chi connectivity index (χ1) is 8.02. The van der Waals surface area contributed by atoms with Gasteiger partial charge in [0.15, 0.2) is 0 Å². The number of hydrogen-bond donors (Lipinski definition) is 1. The third kappa shape index (κ3) is 4.36. The number of rotatable bonds is 5. The van der Waals surface area contributed by atoms with Crippen LogP contribution >= 0.6 is 0 Å². The molecule has 1 N–H and O–H groups in total. The molecule has 0 radical (unpaired) electrons. The molecule has 1 rings (SSSR count). The summed E-state index contributed by atoms with van der Waals surface area (Å²) in [4.78, 5) is 23.6. The van der Waals surface area contributed by atoms with Crippen molar-refractivity contribution in [3.63, 3.8) is 0 Å². The number of likely N-dealkylation sites (N-methyl/N-ethyl adjacent to an activating group) is 1. The summed E-state index contributed by atoms with van der Waals surface area (Å²) < 4.78 is 0. The van der Waals surface area contributed by atoms with Crippen molar-refractivity contribution in [1.82, 2.24) is 4.90 Å². The summed E-state index contributed by atoms with van der Waals surface area (Å²) in [5, 5.41) is 2.70. The third-order valence-corrected chi connectivity index (χ3v) is 2.54. The normalized spacial score (nSPS) is 12.2. The van der Waals surface area contributed by atoms with Gasteiger partial charge < -0.3 is 10.1 Å². The lowest BCUT2D eigenvalue weighted by Gasteiger charge is -2.18. The molecule has 0 saturated heterocycles. The molecule has 0 aliphatic carbocycles. The van der Waals surface area contributed by atoms with Gasteiger partial charge in [-0.05, 0) is 38.2 Å². The molecule has 1 aromatic carbocycles. The number of hydrogen-bond acceptors (Lipinski definition) is 3. The fourth-order valence-electron chi connectivity index (χ4n) is 1.52. The Morgan fingerprint density at radius 1 is 1.35 bits per heavy atom. The molecule has 0 aromatic heterocycles. The minimum absolute atomic E-state index is 0.0863. The SMILES string of the molecule is CC(=O)Nc1ccc(CC(C=O)N(C)C)cc1. The first-order valence-electron chi connectivity index (χ1n) is 5.51. The van der Waals surface area contributed by atoms with E-state index in [4.69, 9.17) is 0 Å². The van der Waals surface area contributed by atoms with Crippen LogP contribution in [0.15, 0.2) is 24.3 Å². The van der Waals surface area contributed by atoms with Gasteiger partial charge in [0, 0.05) is 12.6 Å². The number of nitrogens with one attached hydrogen (secondary N) is 1. The van der Waals surface area contributed by atoms with Crippen molar-refractivity contribution in [2.24, 2.45) is 0 Å². The van der Waals surface area contributed by atoms with Gasteiger partial charge in [0.1, 0.15) is 6.29 Å². The molecule has 0 fully saturated rings. The topological polar surface area (TPSA) is 49.4 Å². The number of anilines is 1. The van der Waals surface area contributed by atoms with Crippen LogP contribution in [0.4, 0.5) is 5.69 Å². The van der Waals surface area contributed by atoms with Gasteiger partial charge in [-0.25, -0.2) is 0 Å². The maximum atomic E-state index is 10.9. The molecule has 92 valence electrons. The Labute approximate surface area is 102 Å². The van der Waals surface area contributed by atoms with Gasteiger partial charge in [-0.3, -0.25) is 9.69 Å². The second kappa shape index (κ2) is 6.15. The Hall–Kier alpha value is -1.68. The molecule has 1 atom stereocenters. The molecule has 0 spiro atoms. The molecule has 1 unspecified atom stereocenters. The zero-order valence-corrected chi connectivity index (χ0v) is 10.4. The highest BCUT2D eigenvalue weighted by molar-refractivity contribution is 5.88. The number of amides is 1. The fourth-order valence-corrected chi connectivity index (χ4v) is 1.52. The van der Waals surface area contributed by atoms with E-state index in [1.54, 1.807) is 0 Å². The van der Waals surface area contributed by atoms with E-state index in [0.29, 0.717) is 6.42 Å². The smallest absolute Gasteiger partial charge is 0.221 e. The predicted molar refractivity (Wildman–Crippen MR) is 68.0 cm³/mol. The number of carbonyl (C=O) groups excluding carboxylic acids is 2. The van der Waals surface area contributed by atoms with Crippen LogP contribution in [0.3, 0.4) is 0 Å². The van der Waals surface area contributed by atoms with Crippen molar-refractivity contribution in [3.05, 3.63) is 29.8 Å². The fraction of sp³-hybridized carbons (Fsp3) is 0.385. The summed E-state index contributed by atoms with van der Waals surface area (Å²) in [5.41, 5.74) is 1.85. The van der Waals surface area contributed by atoms with Crippen molar-refractivity contribution in [2.45, 2.75) is 19.4 Å². The second-order valence-corrected chi connectivity index (χ2v) is 4.25. The van der Waals surface area contributed by atoms with Crippen LogP contribution in [-0.2, 0) is 16.0 Å². The maximum absolute atomic E-state index is 10.9. The summed E-state index contributed by atoms with van der Waals surface area (Å²) >= 11 is 0. The van der Waals surface area contributed by atoms with Crippen LogP contribution < -0.4 is 5.32 Å². The Kier molecular flexibility index (Phi) is 4.84. The van der Waals surface area contributed by atoms with Gasteiger partial charge >= 0.3 is 0 Å². The van der Waals surface area contributed by atoms with Crippen LogP contribution in [0, 0.1) is 0 Å². The first kappa shape index (κ1) is 13.4. The standard InChI is InChI=1S/C13H18N2O2/c1-10(17)14-12-6-4-11(5-7-12)8-13(9-16)15(2)3/h4-7,9,13H,8H2,1-3H3,(H,14,17). The zero-order chi connectivity index (χ0) is 12.8. The Morgan fingerprint density at radius 2 is 1.94 bits per heavy atom. The molecule has 1 aromatic rings. The van der Waals surface area contributed by atoms with E-state index in [9.17, 15) is 9.59 Å². The lowest BCUT2D eigenvalue weighted by molar-refractivity contribution is -0.114. The summed E-state index contributed by atoms with van der Waals surface area (Å²) in [6.45, 7) is 1.47. The number of nitrogens with zero attached hydrogens (tertiary/aromatic N) is 1. The molecule has 0 aliphatic heterocycles. The van der Waals surface area contributed by atoms with Crippen LogP contribution in [0.5, 0.6) is 0 Å². The van der Waals surface area contributed by atoms with E-state index in [-0.39, 0.29) is 11.9 Å². The van der Waals surface area contributed by atoms with E-state index in [1.165, 1.54) is 6.92 Å². The van der Waals surface area contributed by atoms with Crippen LogP contribution in [0.25, 0.3) is 0 Å². The number of benzene rings is 1. The number of carbonyl (C=O) groups is 2. The Bertz CT molecular complexity index is 385. The van der Waals surface area contributed by atoms with E-state index < -0.39 is 0 Å². The van der Waals surface area contributed by atoms with Crippen molar-refractivity contribution in [3.8, 4) is 0 Å². The summed E-state index contributed by atoms with van der Waals surface area (Å²) in [7, 11) is 3.76. The average molecular weight is 234 g/mol. The molecule has 4 heteroatoms. The highest BCUT2D eigenvalue weighted by Gasteiger charge is 2.10. The molecule has 17 heavy (non-hydrogen) atoms. The van der Waals surface area contributed by atoms with Crippen molar-refractivity contribution < 1.29 is 9.59 Å². The quantitative estimate of drug-likeness (QED) is 0.782. The molecule has 0 aliphatic rings. The summed E-state index contributed by atoms with van der Waals surface area (Å²) in [6, 6.07) is 7.42. The molecular weight excluding hydrogens is 216 g/mol. The summed E-state index contributed by atoms with van der Waals surface area (Å²) in [6.07, 6.45) is 1.62. The lowest BCUT2D eigenvalue weighted by Crippen LogP contribution is -2.31. The van der Waals surface area contributed by atoms with Crippen LogP contribution in [-0.4, -0.2) is 37.2 Å². The lowest BCUT2D eigenvalue weighted by atomic mass is 10.1. The zero-order valence-electron chi connectivity index (χ0n) is 10.4. The highest BCUT2D eigenvalue weighted by atomic mass is 16.1. The summed E-state index contributed by atoms with van der Waals surface area (Å²) in [5.74, 6) is -0.0863. The highest BCUT2D eigenvalue weighted by Crippen LogP contribution is 2.11. The first-order valence-corrected chi connectivity index (χ1v) is 5.51. The minimum atomic E-state index is -0.110. The second-order valence-electron chi connectivity index (χ2n) is 4.25. The van der Waals surface area contributed by atoms with Crippen LogP contribution in [0.1, 0.15) is 12.5 Å². The molecule has 0 bridgehead atoms. The molecule has 0 saturated carbocycles. The van der Waals surface area contributed by atoms with E-state index >= 15 is 0 Å². The van der Waals surface area contributed by atoms with E-state index in [0.717, 1.165) is 17.5 Å². The van der Waals surface area contributed by atoms with E-state index in [1.807, 2.05) is 43.3 Å². The maximum Gasteiger partial charge on any atom is 0.221 e. The molecule has 1 amide bonds. The van der Waals surface area contributed by atoms with Gasteiger partial charge in [0.2, 0.25) is 5.91 Å². The van der Waals surface area contributed by atoms with Crippen molar-refractivity contribution in [2.75, 3.05) is 19.4 Å². The van der Waals surface area contributed by atoms with Gasteiger partial charge in [-0.1, -0.05) is 12.1 Å². The largest absolute Gasteiger partial charge is 0.326 e. The number of aldehydes is 1. The predicted octanol–water partition coefficient (Wildman–Crippen LogP) is 1.32. The third-order valence-electron chi connectivity index (χ3n) is 2.54. The van der Waals surface area contributed by atoms with Gasteiger partial charge in [0.25, 0.3) is 0 Å². The monoisotopic (exact) mass is 234 g/mol. The van der Waals surface area contributed by atoms with Crippen molar-refractivity contribution >= 4 is 17.9 Å². The van der Waals surface area contributed by atoms with Gasteiger partial charge in [-0.15, -0.1) is 0 Å². The van der Waals surface area contributed by atoms with E-state index in [2.05, 4.69) is 5.32 Å². The minimum Gasteiger partial charge on any atom is -0.326 e. The van der Waals surface area contributed by atoms with Crippen molar-refractivity contribution in [1.29, 1.82) is 0 Å². The average Bonchev–Trinajstić information content (AvgIpc) is 2.26. The van der Waals surface area contributed by atoms with Crippen LogP contribution in [0.2, 0.25) is 0 Å². The molecule has 4 nitrogen and oxygen atoms in total. The Balaban J connectivity index is 2.67. The molecule has 0 heterocycles.